The highest BCUT2D eigenvalue weighted by molar-refractivity contribution is 7.89. The summed E-state index contributed by atoms with van der Waals surface area (Å²) in [5.74, 6) is 0.184. The molecular weight excluding hydrogens is 376 g/mol. The molecule has 1 aromatic carbocycles. The number of sulfonamides is 1. The number of nitrogens with one attached hydrogen (secondary N) is 3. The summed E-state index contributed by atoms with van der Waals surface area (Å²) in [7, 11) is -3.53. The Labute approximate surface area is 167 Å². The van der Waals surface area contributed by atoms with Gasteiger partial charge in [-0.1, -0.05) is 31.7 Å². The van der Waals surface area contributed by atoms with Crippen LogP contribution in [0.1, 0.15) is 51.4 Å². The van der Waals surface area contributed by atoms with Crippen LogP contribution in [0, 0.1) is 5.92 Å². The number of carbonyl (C=O) groups is 1. The fourth-order valence-electron chi connectivity index (χ4n) is 4.69. The molecular formula is C20H30N4O3S. The summed E-state index contributed by atoms with van der Waals surface area (Å²) in [6, 6.07) is 6.71. The maximum Gasteiger partial charge on any atom is 0.243 e. The number of fused-ring (bicyclic) bond motifs is 1. The van der Waals surface area contributed by atoms with Gasteiger partial charge in [-0.2, -0.15) is 4.31 Å². The number of hydrogen-bond acceptors (Lipinski definition) is 5. The van der Waals surface area contributed by atoms with Crippen molar-refractivity contribution in [2.45, 2.75) is 68.3 Å². The second-order valence-electron chi connectivity index (χ2n) is 8.16. The Kier molecular flexibility index (Phi) is 6.01. The molecule has 1 saturated carbocycles. The molecule has 0 bridgehead atoms. The molecule has 1 amide bonds. The standard InChI is InChI=1S/C20H30N4O3S/c25-20(19-17-10-3-4-11-18(17)22-23-19)21-15-8-7-9-16(14-15)28(26,27)24-12-5-1-2-6-13-24/h7-9,14,17-19,22-23H,1-6,10-13H2,(H,21,25). The van der Waals surface area contributed by atoms with E-state index in [0.29, 0.717) is 24.8 Å². The Morgan fingerprint density at radius 1 is 1.00 bits per heavy atom. The molecule has 2 heterocycles. The van der Waals surface area contributed by atoms with Gasteiger partial charge in [-0.25, -0.2) is 13.8 Å². The summed E-state index contributed by atoms with van der Waals surface area (Å²) in [5.41, 5.74) is 6.91. The molecule has 0 radical (unpaired) electrons. The van der Waals surface area contributed by atoms with E-state index in [1.54, 1.807) is 28.6 Å². The minimum atomic E-state index is -3.53. The third-order valence-electron chi connectivity index (χ3n) is 6.26. The van der Waals surface area contributed by atoms with Crippen LogP contribution in [0.2, 0.25) is 0 Å². The van der Waals surface area contributed by atoms with Gasteiger partial charge in [-0.05, 0) is 43.9 Å². The van der Waals surface area contributed by atoms with Crippen LogP contribution < -0.4 is 16.2 Å². The number of amides is 1. The normalized spacial score (nSPS) is 29.1. The molecule has 3 unspecified atom stereocenters. The first-order valence-electron chi connectivity index (χ1n) is 10.5. The van der Waals surface area contributed by atoms with Crippen molar-refractivity contribution in [3.63, 3.8) is 0 Å². The van der Waals surface area contributed by atoms with Crippen LogP contribution in [0.4, 0.5) is 5.69 Å². The summed E-state index contributed by atoms with van der Waals surface area (Å²) >= 11 is 0. The Morgan fingerprint density at radius 2 is 1.75 bits per heavy atom. The molecule has 3 fully saturated rings. The molecule has 28 heavy (non-hydrogen) atoms. The molecule has 3 atom stereocenters. The molecule has 0 spiro atoms. The third kappa shape index (κ3) is 4.10. The number of carbonyl (C=O) groups excluding carboxylic acids is 1. The number of nitrogens with zero attached hydrogens (tertiary/aromatic N) is 1. The van der Waals surface area contributed by atoms with Crippen molar-refractivity contribution >= 4 is 21.6 Å². The molecule has 0 aromatic heterocycles. The van der Waals surface area contributed by atoms with Gasteiger partial charge in [0.25, 0.3) is 0 Å². The van der Waals surface area contributed by atoms with Gasteiger partial charge in [0.2, 0.25) is 15.9 Å². The number of anilines is 1. The average molecular weight is 407 g/mol. The van der Waals surface area contributed by atoms with Gasteiger partial charge in [-0.15, -0.1) is 0 Å². The lowest BCUT2D eigenvalue weighted by molar-refractivity contribution is -0.118. The predicted octanol–water partition coefficient (Wildman–Crippen LogP) is 2.22. The van der Waals surface area contributed by atoms with E-state index in [1.165, 1.54) is 6.42 Å². The van der Waals surface area contributed by atoms with E-state index >= 15 is 0 Å². The van der Waals surface area contributed by atoms with Crippen LogP contribution in [-0.4, -0.2) is 43.8 Å². The van der Waals surface area contributed by atoms with Crippen molar-refractivity contribution in [3.8, 4) is 0 Å². The first-order valence-corrected chi connectivity index (χ1v) is 11.9. The van der Waals surface area contributed by atoms with Crippen LogP contribution >= 0.6 is 0 Å². The van der Waals surface area contributed by atoms with Crippen LogP contribution in [-0.2, 0) is 14.8 Å². The highest BCUT2D eigenvalue weighted by atomic mass is 32.2. The largest absolute Gasteiger partial charge is 0.325 e. The summed E-state index contributed by atoms with van der Waals surface area (Å²) in [6.07, 6.45) is 8.42. The maximum atomic E-state index is 13.0. The number of benzene rings is 1. The SMILES string of the molecule is O=C(Nc1cccc(S(=O)(=O)N2CCCCCC2)c1)C1NNC2CCCCC21. The molecule has 3 N–H and O–H groups in total. The van der Waals surface area contributed by atoms with Gasteiger partial charge in [0.1, 0.15) is 6.04 Å². The number of hydrogen-bond donors (Lipinski definition) is 3. The zero-order chi connectivity index (χ0) is 19.6. The fourth-order valence-corrected chi connectivity index (χ4v) is 6.25. The lowest BCUT2D eigenvalue weighted by Crippen LogP contribution is -2.42. The monoisotopic (exact) mass is 406 g/mol. The zero-order valence-electron chi connectivity index (χ0n) is 16.2. The van der Waals surface area contributed by atoms with Gasteiger partial charge >= 0.3 is 0 Å². The molecule has 2 saturated heterocycles. The zero-order valence-corrected chi connectivity index (χ0v) is 17.0. The van der Waals surface area contributed by atoms with Crippen molar-refractivity contribution in [2.75, 3.05) is 18.4 Å². The summed E-state index contributed by atoms with van der Waals surface area (Å²) in [5, 5.41) is 2.92. The lowest BCUT2D eigenvalue weighted by atomic mass is 9.81. The summed E-state index contributed by atoms with van der Waals surface area (Å²) < 4.78 is 27.6. The molecule has 4 rings (SSSR count). The average Bonchev–Trinajstić information content (AvgIpc) is 2.93. The minimum absolute atomic E-state index is 0.105. The predicted molar refractivity (Wildman–Crippen MR) is 108 cm³/mol. The Bertz CT molecular complexity index is 805. The van der Waals surface area contributed by atoms with E-state index in [9.17, 15) is 13.2 Å². The smallest absolute Gasteiger partial charge is 0.243 e. The minimum Gasteiger partial charge on any atom is -0.325 e. The highest BCUT2D eigenvalue weighted by Gasteiger charge is 2.41. The fraction of sp³-hybridized carbons (Fsp3) is 0.650. The van der Waals surface area contributed by atoms with Crippen molar-refractivity contribution in [2.24, 2.45) is 5.92 Å². The molecule has 8 heteroatoms. The Balaban J connectivity index is 1.47. The van der Waals surface area contributed by atoms with Gasteiger partial charge < -0.3 is 5.32 Å². The first-order chi connectivity index (χ1) is 13.6. The molecule has 3 aliphatic rings. The number of rotatable bonds is 4. The van der Waals surface area contributed by atoms with E-state index in [2.05, 4.69) is 16.2 Å². The third-order valence-corrected chi connectivity index (χ3v) is 8.15. The molecule has 154 valence electrons. The van der Waals surface area contributed by atoms with Crippen LogP contribution in [0.15, 0.2) is 29.2 Å². The Hall–Kier alpha value is -1.48. The highest BCUT2D eigenvalue weighted by Crippen LogP contribution is 2.31. The molecule has 1 aliphatic carbocycles. The topological polar surface area (TPSA) is 90.5 Å². The molecule has 7 nitrogen and oxygen atoms in total. The summed E-state index contributed by atoms with van der Waals surface area (Å²) in [6.45, 7) is 1.14. The van der Waals surface area contributed by atoms with Gasteiger partial charge in [0, 0.05) is 30.7 Å². The van der Waals surface area contributed by atoms with E-state index in [0.717, 1.165) is 44.9 Å². The van der Waals surface area contributed by atoms with E-state index in [1.807, 2.05) is 0 Å². The van der Waals surface area contributed by atoms with E-state index < -0.39 is 10.0 Å². The summed E-state index contributed by atoms with van der Waals surface area (Å²) in [4.78, 5) is 13.1. The van der Waals surface area contributed by atoms with Crippen LogP contribution in [0.3, 0.4) is 0 Å². The van der Waals surface area contributed by atoms with Crippen LogP contribution in [0.25, 0.3) is 0 Å². The van der Waals surface area contributed by atoms with Crippen molar-refractivity contribution < 1.29 is 13.2 Å². The van der Waals surface area contributed by atoms with E-state index in [-0.39, 0.29) is 22.8 Å². The van der Waals surface area contributed by atoms with Crippen molar-refractivity contribution in [3.05, 3.63) is 24.3 Å². The van der Waals surface area contributed by atoms with E-state index in [4.69, 9.17) is 0 Å². The van der Waals surface area contributed by atoms with Crippen LogP contribution in [0.5, 0.6) is 0 Å². The molecule has 2 aliphatic heterocycles. The maximum absolute atomic E-state index is 13.0. The second kappa shape index (κ2) is 8.49. The van der Waals surface area contributed by atoms with Gasteiger partial charge in [0.05, 0.1) is 4.90 Å². The van der Waals surface area contributed by atoms with Gasteiger partial charge in [-0.3, -0.25) is 10.2 Å². The quantitative estimate of drug-likeness (QED) is 0.713. The Morgan fingerprint density at radius 3 is 2.54 bits per heavy atom. The second-order valence-corrected chi connectivity index (χ2v) is 10.1. The number of hydrazine groups is 1. The molecule has 1 aromatic rings. The lowest BCUT2D eigenvalue weighted by Gasteiger charge is -2.26. The first kappa shape index (κ1) is 19.8. The van der Waals surface area contributed by atoms with Gasteiger partial charge in [0.15, 0.2) is 0 Å². The van der Waals surface area contributed by atoms with Crippen molar-refractivity contribution in [1.82, 2.24) is 15.2 Å². The van der Waals surface area contributed by atoms with Crippen molar-refractivity contribution in [1.29, 1.82) is 0 Å².